The molecule has 4 nitrogen and oxygen atoms in total. The van der Waals surface area contributed by atoms with Gasteiger partial charge >= 0.3 is 6.18 Å². The predicted molar refractivity (Wildman–Crippen MR) is 50.6 cm³/mol. The van der Waals surface area contributed by atoms with E-state index in [0.29, 0.717) is 0 Å². The third-order valence-electron chi connectivity index (χ3n) is 2.16. The van der Waals surface area contributed by atoms with Gasteiger partial charge in [0.05, 0.1) is 17.4 Å². The number of hydrogen-bond acceptors (Lipinski definition) is 3. The molecule has 0 spiro atoms. The summed E-state index contributed by atoms with van der Waals surface area (Å²) in [7, 11) is 0. The van der Waals surface area contributed by atoms with Gasteiger partial charge in [-0.1, -0.05) is 0 Å². The van der Waals surface area contributed by atoms with E-state index >= 15 is 0 Å². The van der Waals surface area contributed by atoms with Crippen molar-refractivity contribution in [2.75, 3.05) is 0 Å². The maximum atomic E-state index is 12.7. The van der Waals surface area contributed by atoms with E-state index in [0.717, 1.165) is 4.40 Å². The van der Waals surface area contributed by atoms with Crippen LogP contribution in [0.1, 0.15) is 24.5 Å². The Morgan fingerprint density at radius 3 is 2.69 bits per heavy atom. The molecule has 0 saturated carbocycles. The zero-order chi connectivity index (χ0) is 11.9. The van der Waals surface area contributed by atoms with Gasteiger partial charge in [0.1, 0.15) is 0 Å². The molecule has 0 fully saturated rings. The number of fused-ring (bicyclic) bond motifs is 1. The normalized spacial score (nSPS) is 14.3. The molecule has 2 aromatic rings. The summed E-state index contributed by atoms with van der Waals surface area (Å²) in [6.07, 6.45) is -0.690. The molecule has 2 aromatic heterocycles. The molecule has 0 saturated heterocycles. The van der Waals surface area contributed by atoms with Gasteiger partial charge in [-0.3, -0.25) is 9.38 Å². The Bertz CT molecular complexity index is 515. The fraction of sp³-hybridized carbons (Fsp3) is 0.333. The standard InChI is InChI=1S/C9H9F3N4/c1-5(13)7-6-4-14-2-3-16(6)8(15-7)9(10,11)12/h2-5H,13H2,1H3. The van der Waals surface area contributed by atoms with Crippen molar-refractivity contribution in [2.24, 2.45) is 5.73 Å². The Kier molecular flexibility index (Phi) is 2.34. The van der Waals surface area contributed by atoms with Gasteiger partial charge in [0.2, 0.25) is 5.82 Å². The Morgan fingerprint density at radius 1 is 1.44 bits per heavy atom. The molecular formula is C9H9F3N4. The third kappa shape index (κ3) is 1.63. The summed E-state index contributed by atoms with van der Waals surface area (Å²) in [4.78, 5) is 7.30. The maximum absolute atomic E-state index is 12.7. The molecule has 7 heteroatoms. The van der Waals surface area contributed by atoms with Crippen LogP contribution >= 0.6 is 0 Å². The minimum atomic E-state index is -4.50. The number of aromatic nitrogens is 3. The maximum Gasteiger partial charge on any atom is 0.450 e. The summed E-state index contributed by atoms with van der Waals surface area (Å²) in [6, 6.07) is -0.574. The summed E-state index contributed by atoms with van der Waals surface area (Å²) < 4.78 is 38.9. The molecule has 0 bridgehead atoms. The number of imidazole rings is 1. The molecule has 0 aliphatic rings. The highest BCUT2D eigenvalue weighted by Gasteiger charge is 2.37. The zero-order valence-electron chi connectivity index (χ0n) is 8.36. The van der Waals surface area contributed by atoms with Crippen molar-refractivity contribution in [2.45, 2.75) is 19.1 Å². The molecule has 2 rings (SSSR count). The van der Waals surface area contributed by atoms with E-state index in [2.05, 4.69) is 9.97 Å². The van der Waals surface area contributed by atoms with Crippen LogP contribution in [0, 0.1) is 0 Å². The van der Waals surface area contributed by atoms with Crippen LogP contribution in [0.3, 0.4) is 0 Å². The van der Waals surface area contributed by atoms with E-state index in [4.69, 9.17) is 5.73 Å². The molecule has 16 heavy (non-hydrogen) atoms. The second-order valence-corrected chi connectivity index (χ2v) is 3.44. The lowest BCUT2D eigenvalue weighted by molar-refractivity contribution is -0.145. The lowest BCUT2D eigenvalue weighted by Gasteiger charge is -2.03. The van der Waals surface area contributed by atoms with Crippen LogP contribution in [-0.2, 0) is 6.18 Å². The fourth-order valence-electron chi connectivity index (χ4n) is 1.50. The average molecular weight is 230 g/mol. The Hall–Kier alpha value is -1.63. The number of alkyl halides is 3. The van der Waals surface area contributed by atoms with Gasteiger partial charge in [-0.15, -0.1) is 0 Å². The largest absolute Gasteiger partial charge is 0.450 e. The summed E-state index contributed by atoms with van der Waals surface area (Å²) in [6.45, 7) is 1.58. The van der Waals surface area contributed by atoms with Gasteiger partial charge in [-0.25, -0.2) is 4.98 Å². The van der Waals surface area contributed by atoms with Gasteiger partial charge in [-0.2, -0.15) is 13.2 Å². The van der Waals surface area contributed by atoms with Crippen LogP contribution in [0.5, 0.6) is 0 Å². The summed E-state index contributed by atoms with van der Waals surface area (Å²) in [5.41, 5.74) is 6.04. The fourth-order valence-corrected chi connectivity index (χ4v) is 1.50. The molecule has 0 aliphatic carbocycles. The van der Waals surface area contributed by atoms with Crippen molar-refractivity contribution < 1.29 is 13.2 Å². The number of halogens is 3. The van der Waals surface area contributed by atoms with Crippen molar-refractivity contribution in [3.05, 3.63) is 30.1 Å². The zero-order valence-corrected chi connectivity index (χ0v) is 8.36. The molecule has 0 amide bonds. The van der Waals surface area contributed by atoms with Crippen LogP contribution in [0.2, 0.25) is 0 Å². The molecule has 2 heterocycles. The van der Waals surface area contributed by atoms with Crippen molar-refractivity contribution in [3.63, 3.8) is 0 Å². The van der Waals surface area contributed by atoms with E-state index in [1.807, 2.05) is 0 Å². The lowest BCUT2D eigenvalue weighted by atomic mass is 10.2. The van der Waals surface area contributed by atoms with Crippen LogP contribution < -0.4 is 5.73 Å². The summed E-state index contributed by atoms with van der Waals surface area (Å²) >= 11 is 0. The molecule has 86 valence electrons. The highest BCUT2D eigenvalue weighted by atomic mass is 19.4. The van der Waals surface area contributed by atoms with E-state index in [-0.39, 0.29) is 11.2 Å². The smallest absolute Gasteiger partial charge is 0.323 e. The van der Waals surface area contributed by atoms with E-state index in [9.17, 15) is 13.2 Å². The quantitative estimate of drug-likeness (QED) is 0.812. The SMILES string of the molecule is CC(N)c1nc(C(F)(F)F)n2ccncc12. The minimum Gasteiger partial charge on any atom is -0.323 e. The Labute approximate surface area is 88.9 Å². The van der Waals surface area contributed by atoms with Gasteiger partial charge in [0.15, 0.2) is 0 Å². The van der Waals surface area contributed by atoms with Gasteiger partial charge in [0.25, 0.3) is 0 Å². The second-order valence-electron chi connectivity index (χ2n) is 3.44. The topological polar surface area (TPSA) is 56.2 Å². The summed E-state index contributed by atoms with van der Waals surface area (Å²) in [5.74, 6) is -0.975. The first-order valence-corrected chi connectivity index (χ1v) is 4.56. The van der Waals surface area contributed by atoms with E-state index < -0.39 is 18.0 Å². The molecule has 0 aliphatic heterocycles. The van der Waals surface area contributed by atoms with Gasteiger partial charge < -0.3 is 5.73 Å². The Balaban J connectivity index is 2.77. The third-order valence-corrected chi connectivity index (χ3v) is 2.16. The van der Waals surface area contributed by atoms with Crippen LogP contribution in [0.15, 0.2) is 18.6 Å². The Morgan fingerprint density at radius 2 is 2.12 bits per heavy atom. The van der Waals surface area contributed by atoms with E-state index in [1.54, 1.807) is 6.92 Å². The van der Waals surface area contributed by atoms with Crippen LogP contribution in [-0.4, -0.2) is 14.4 Å². The lowest BCUT2D eigenvalue weighted by Crippen LogP contribution is -2.11. The van der Waals surface area contributed by atoms with Crippen LogP contribution in [0.25, 0.3) is 5.52 Å². The second kappa shape index (κ2) is 3.44. The van der Waals surface area contributed by atoms with Crippen LogP contribution in [0.4, 0.5) is 13.2 Å². The molecular weight excluding hydrogens is 221 g/mol. The molecule has 0 aromatic carbocycles. The first-order chi connectivity index (χ1) is 7.41. The molecule has 1 unspecified atom stereocenters. The first kappa shape index (κ1) is 10.9. The van der Waals surface area contributed by atoms with Crippen molar-refractivity contribution in [1.29, 1.82) is 0 Å². The van der Waals surface area contributed by atoms with Gasteiger partial charge in [-0.05, 0) is 6.92 Å². The van der Waals surface area contributed by atoms with Crippen molar-refractivity contribution in [1.82, 2.24) is 14.4 Å². The predicted octanol–water partition coefficient (Wildman–Crippen LogP) is 1.77. The number of nitrogens with zero attached hydrogens (tertiary/aromatic N) is 3. The summed E-state index contributed by atoms with van der Waals surface area (Å²) in [5, 5.41) is 0. The first-order valence-electron chi connectivity index (χ1n) is 4.56. The number of rotatable bonds is 1. The molecule has 1 atom stereocenters. The monoisotopic (exact) mass is 230 g/mol. The van der Waals surface area contributed by atoms with Gasteiger partial charge in [0, 0.05) is 18.4 Å². The number of hydrogen-bond donors (Lipinski definition) is 1. The van der Waals surface area contributed by atoms with Crippen molar-refractivity contribution in [3.8, 4) is 0 Å². The molecule has 0 radical (unpaired) electrons. The van der Waals surface area contributed by atoms with Crippen molar-refractivity contribution >= 4 is 5.52 Å². The highest BCUT2D eigenvalue weighted by molar-refractivity contribution is 5.52. The number of nitrogens with two attached hydrogens (primary N) is 1. The minimum absolute atomic E-state index is 0.195. The van der Waals surface area contributed by atoms with E-state index in [1.165, 1.54) is 18.6 Å². The highest BCUT2D eigenvalue weighted by Crippen LogP contribution is 2.31. The molecule has 2 N–H and O–H groups in total. The average Bonchev–Trinajstić information content (AvgIpc) is 2.56.